The molecular weight excluding hydrogens is 520 g/mol. The molecule has 1 aromatic rings. The van der Waals surface area contributed by atoms with Gasteiger partial charge in [-0.25, -0.2) is 0 Å². The highest BCUT2D eigenvalue weighted by atomic mass is 32.2. The first-order chi connectivity index (χ1) is 17.3. The zero-order valence-corrected chi connectivity index (χ0v) is 21.1. The van der Waals surface area contributed by atoms with Crippen molar-refractivity contribution in [2.45, 2.75) is 56.4 Å². The van der Waals surface area contributed by atoms with Crippen LogP contribution in [-0.2, 0) is 23.1 Å². The van der Waals surface area contributed by atoms with Crippen LogP contribution < -0.4 is 4.72 Å². The fraction of sp³-hybridized carbons (Fsp3) is 0.680. The molecule has 37 heavy (non-hydrogen) atoms. The van der Waals surface area contributed by atoms with Crippen molar-refractivity contribution in [1.82, 2.24) is 13.9 Å². The highest BCUT2D eigenvalue weighted by Crippen LogP contribution is 2.50. The third kappa shape index (κ3) is 5.58. The third-order valence-corrected chi connectivity index (χ3v) is 10.2. The molecule has 2 aliphatic heterocycles. The minimum absolute atomic E-state index is 0.0761. The lowest BCUT2D eigenvalue weighted by Crippen LogP contribution is -2.52. The quantitative estimate of drug-likeness (QED) is 0.559. The number of nitrogens with one attached hydrogen (secondary N) is 1. The maximum absolute atomic E-state index is 13.1. The van der Waals surface area contributed by atoms with E-state index in [0.29, 0.717) is 36.8 Å². The second-order valence-electron chi connectivity index (χ2n) is 11.0. The van der Waals surface area contributed by atoms with E-state index in [0.717, 1.165) is 29.5 Å². The molecule has 3 fully saturated rings. The molecule has 1 N–H and O–H groups in total. The van der Waals surface area contributed by atoms with Crippen molar-refractivity contribution in [2.75, 3.05) is 32.7 Å². The lowest BCUT2D eigenvalue weighted by atomic mass is 9.79. The Labute approximate surface area is 213 Å². The molecule has 3 atom stereocenters. The molecule has 5 rings (SSSR count). The molecule has 5 nitrogen and oxygen atoms in total. The largest absolute Gasteiger partial charge is 0.402 e. The van der Waals surface area contributed by atoms with Crippen molar-refractivity contribution in [3.63, 3.8) is 0 Å². The number of alkyl halides is 6. The summed E-state index contributed by atoms with van der Waals surface area (Å²) in [4.78, 5) is 2.00. The first-order valence-electron chi connectivity index (χ1n) is 12.7. The SMILES string of the molecule is O=S1(=O)N[C@@]2(CN1CC(F)(F)F)[C@@H]1CC[C@H]2Cc2cc(/C=C/CN3CCC(C(F)(F)F)CC3)ccc2C1. The predicted octanol–water partition coefficient (Wildman–Crippen LogP) is 4.55. The van der Waals surface area contributed by atoms with Crippen LogP contribution in [0.1, 0.15) is 42.4 Å². The first-order valence-corrected chi connectivity index (χ1v) is 14.1. The Hall–Kier alpha value is -1.63. The zero-order chi connectivity index (χ0) is 26.6. The van der Waals surface area contributed by atoms with Crippen molar-refractivity contribution in [3.8, 4) is 0 Å². The van der Waals surface area contributed by atoms with E-state index in [4.69, 9.17) is 0 Å². The number of benzene rings is 1. The topological polar surface area (TPSA) is 52.7 Å². The molecule has 0 amide bonds. The van der Waals surface area contributed by atoms with Gasteiger partial charge in [-0.15, -0.1) is 0 Å². The van der Waals surface area contributed by atoms with Gasteiger partial charge in [-0.3, -0.25) is 4.90 Å². The molecule has 12 heteroatoms. The molecule has 206 valence electrons. The highest BCUT2D eigenvalue weighted by Gasteiger charge is 2.60. The van der Waals surface area contributed by atoms with Crippen LogP contribution in [0.4, 0.5) is 26.3 Å². The number of hydrogen-bond donors (Lipinski definition) is 1. The van der Waals surface area contributed by atoms with Gasteiger partial charge in [-0.05, 0) is 80.1 Å². The smallest absolute Gasteiger partial charge is 0.300 e. The molecule has 2 heterocycles. The Bertz CT molecular complexity index is 1140. The molecule has 2 aliphatic carbocycles. The van der Waals surface area contributed by atoms with Crippen molar-refractivity contribution in [2.24, 2.45) is 17.8 Å². The predicted molar refractivity (Wildman–Crippen MR) is 127 cm³/mol. The molecule has 4 aliphatic rings. The maximum Gasteiger partial charge on any atom is 0.402 e. The van der Waals surface area contributed by atoms with Crippen LogP contribution in [0.3, 0.4) is 0 Å². The Balaban J connectivity index is 1.26. The first kappa shape index (κ1) is 27.0. The number of likely N-dealkylation sites (tertiary alicyclic amines) is 1. The molecule has 2 bridgehead atoms. The normalized spacial score (nSPS) is 31.3. The lowest BCUT2D eigenvalue weighted by molar-refractivity contribution is -0.184. The number of hydrogen-bond acceptors (Lipinski definition) is 3. The fourth-order valence-electron chi connectivity index (χ4n) is 6.75. The molecule has 0 unspecified atom stereocenters. The monoisotopic (exact) mass is 551 g/mol. The van der Waals surface area contributed by atoms with E-state index in [2.05, 4.69) is 4.72 Å². The van der Waals surface area contributed by atoms with Gasteiger partial charge in [0.15, 0.2) is 0 Å². The minimum Gasteiger partial charge on any atom is -0.300 e. The van der Waals surface area contributed by atoms with Crippen molar-refractivity contribution in [1.29, 1.82) is 0 Å². The van der Waals surface area contributed by atoms with Gasteiger partial charge in [0.25, 0.3) is 10.2 Å². The van der Waals surface area contributed by atoms with Crippen LogP contribution in [0.15, 0.2) is 24.3 Å². The van der Waals surface area contributed by atoms with Gasteiger partial charge in [0.05, 0.1) is 11.5 Å². The van der Waals surface area contributed by atoms with E-state index in [1.54, 1.807) is 0 Å². The number of nitrogens with zero attached hydrogens (tertiary/aromatic N) is 2. The number of rotatable bonds is 4. The Kier molecular flexibility index (Phi) is 6.94. The molecule has 1 saturated carbocycles. The summed E-state index contributed by atoms with van der Waals surface area (Å²) >= 11 is 0. The van der Waals surface area contributed by atoms with Crippen LogP contribution in [0, 0.1) is 17.8 Å². The van der Waals surface area contributed by atoms with Crippen molar-refractivity contribution in [3.05, 3.63) is 41.0 Å². The van der Waals surface area contributed by atoms with Gasteiger partial charge in [0, 0.05) is 13.1 Å². The van der Waals surface area contributed by atoms with Crippen LogP contribution in [0.5, 0.6) is 0 Å². The molecule has 0 aromatic heterocycles. The molecular formula is C25H31F6N3O2S. The zero-order valence-electron chi connectivity index (χ0n) is 20.3. The summed E-state index contributed by atoms with van der Waals surface area (Å²) in [6, 6.07) is 6.02. The van der Waals surface area contributed by atoms with E-state index >= 15 is 0 Å². The molecule has 0 radical (unpaired) electrons. The average molecular weight is 552 g/mol. The Morgan fingerprint density at radius 2 is 1.62 bits per heavy atom. The van der Waals surface area contributed by atoms with E-state index in [9.17, 15) is 34.8 Å². The van der Waals surface area contributed by atoms with Crippen LogP contribution in [-0.4, -0.2) is 68.2 Å². The summed E-state index contributed by atoms with van der Waals surface area (Å²) in [7, 11) is -4.22. The summed E-state index contributed by atoms with van der Waals surface area (Å²) in [6.45, 7) is -0.280. The number of piperidine rings is 1. The standard InChI is InChI=1S/C25H31F6N3O2S/c26-24(27,28)16-34-15-23(32-37(34,35)36)21-5-6-22(23)14-19-12-17(3-4-18(19)13-21)2-1-9-33-10-7-20(8-11-33)25(29,30)31/h1-4,12,20-22,32H,5-11,13-16H2/b2-1+/t21-,22+,23+/m1/s1. The molecule has 1 aromatic carbocycles. The number of fused-ring (bicyclic) bond motifs is 1. The second kappa shape index (κ2) is 9.53. The maximum atomic E-state index is 13.1. The minimum atomic E-state index is -4.61. The van der Waals surface area contributed by atoms with Gasteiger partial charge >= 0.3 is 12.4 Å². The van der Waals surface area contributed by atoms with Crippen LogP contribution in [0.25, 0.3) is 6.08 Å². The highest BCUT2D eigenvalue weighted by molar-refractivity contribution is 7.87. The second-order valence-corrected chi connectivity index (χ2v) is 12.6. The van der Waals surface area contributed by atoms with E-state index in [1.807, 2.05) is 35.3 Å². The van der Waals surface area contributed by atoms with Crippen molar-refractivity contribution < 1.29 is 34.8 Å². The lowest BCUT2D eigenvalue weighted by Gasteiger charge is -2.33. The molecule has 1 spiro atoms. The van der Waals surface area contributed by atoms with Crippen LogP contribution in [0.2, 0.25) is 0 Å². The summed E-state index contributed by atoms with van der Waals surface area (Å²) in [6.07, 6.45) is -1.92. The number of halogens is 6. The van der Waals surface area contributed by atoms with Crippen molar-refractivity contribution >= 4 is 16.3 Å². The summed E-state index contributed by atoms with van der Waals surface area (Å²) in [5, 5.41) is 0. The van der Waals surface area contributed by atoms with E-state index in [-0.39, 0.29) is 31.2 Å². The van der Waals surface area contributed by atoms with E-state index < -0.39 is 40.6 Å². The summed E-state index contributed by atoms with van der Waals surface area (Å²) in [5.74, 6) is -1.39. The fourth-order valence-corrected chi connectivity index (χ4v) is 8.46. The van der Waals surface area contributed by atoms with Gasteiger partial charge < -0.3 is 0 Å². The third-order valence-electron chi connectivity index (χ3n) is 8.66. The van der Waals surface area contributed by atoms with Gasteiger partial charge in [-0.1, -0.05) is 30.4 Å². The summed E-state index contributed by atoms with van der Waals surface area (Å²) in [5.41, 5.74) is 2.21. The Morgan fingerprint density at radius 1 is 0.973 bits per heavy atom. The van der Waals surface area contributed by atoms with Crippen LogP contribution >= 0.6 is 0 Å². The van der Waals surface area contributed by atoms with Gasteiger partial charge in [0.1, 0.15) is 6.54 Å². The van der Waals surface area contributed by atoms with Gasteiger partial charge in [-0.2, -0.15) is 43.8 Å². The van der Waals surface area contributed by atoms with Gasteiger partial charge in [0.2, 0.25) is 0 Å². The summed E-state index contributed by atoms with van der Waals surface area (Å²) < 4.78 is 106. The average Bonchev–Trinajstić information content (AvgIpc) is 3.17. The Morgan fingerprint density at radius 3 is 2.24 bits per heavy atom. The molecule has 2 saturated heterocycles. The van der Waals surface area contributed by atoms with E-state index in [1.165, 1.54) is 0 Å².